The molecule has 1 atom stereocenters. The Morgan fingerprint density at radius 1 is 1.44 bits per heavy atom. The Hall–Kier alpha value is -0.610. The highest BCUT2D eigenvalue weighted by molar-refractivity contribution is 5.37. The summed E-state index contributed by atoms with van der Waals surface area (Å²) in [7, 11) is 0. The molecular weight excluding hydrogens is 228 g/mol. The van der Waals surface area contributed by atoms with Crippen LogP contribution in [0.15, 0.2) is 0 Å². The Bertz CT molecular complexity index is 224. The lowest BCUT2D eigenvalue weighted by molar-refractivity contribution is -0.138. The second-order valence-electron chi connectivity index (χ2n) is 6.27. The standard InChI is InChI=1S/C9H20N2.C5H10O2/c1-8(2)7-11-5-4-10-6-9(11)3;1-5(2,3)7-4-6/h8-10H,4-7H2,1-3H3;4H,1-3H3. The molecule has 1 rings (SSSR count). The van der Waals surface area contributed by atoms with Gasteiger partial charge in [0.05, 0.1) is 0 Å². The fourth-order valence-corrected chi connectivity index (χ4v) is 1.77. The van der Waals surface area contributed by atoms with Crippen LogP contribution in [-0.4, -0.2) is 49.2 Å². The molecule has 108 valence electrons. The maximum atomic E-state index is 9.60. The van der Waals surface area contributed by atoms with Gasteiger partial charge in [-0.25, -0.2) is 0 Å². The molecule has 1 aliphatic rings. The third-order valence-corrected chi connectivity index (χ3v) is 2.64. The lowest BCUT2D eigenvalue weighted by Crippen LogP contribution is -2.50. The lowest BCUT2D eigenvalue weighted by Gasteiger charge is -2.34. The summed E-state index contributed by atoms with van der Waals surface area (Å²) in [6.45, 7) is 17.6. The quantitative estimate of drug-likeness (QED) is 0.785. The lowest BCUT2D eigenvalue weighted by atomic mass is 10.1. The summed E-state index contributed by atoms with van der Waals surface area (Å²) in [5.41, 5.74) is -0.318. The molecule has 0 radical (unpaired) electrons. The summed E-state index contributed by atoms with van der Waals surface area (Å²) < 4.78 is 4.55. The third kappa shape index (κ3) is 9.42. The second kappa shape index (κ2) is 8.48. The number of rotatable bonds is 3. The Labute approximate surface area is 112 Å². The summed E-state index contributed by atoms with van der Waals surface area (Å²) in [6.07, 6.45) is 0. The minimum absolute atomic E-state index is 0.318. The maximum Gasteiger partial charge on any atom is 0.293 e. The van der Waals surface area contributed by atoms with Gasteiger partial charge in [0.2, 0.25) is 0 Å². The number of carbonyl (C=O) groups is 1. The predicted octanol–water partition coefficient (Wildman–Crippen LogP) is 1.89. The van der Waals surface area contributed by atoms with E-state index in [2.05, 4.69) is 35.7 Å². The van der Waals surface area contributed by atoms with Crippen molar-refractivity contribution in [2.45, 2.75) is 53.2 Å². The van der Waals surface area contributed by atoms with Crippen LogP contribution in [0.1, 0.15) is 41.5 Å². The summed E-state index contributed by atoms with van der Waals surface area (Å²) >= 11 is 0. The molecular formula is C14H30N2O2. The monoisotopic (exact) mass is 258 g/mol. The van der Waals surface area contributed by atoms with Crippen molar-refractivity contribution in [2.75, 3.05) is 26.2 Å². The van der Waals surface area contributed by atoms with Crippen LogP contribution in [-0.2, 0) is 9.53 Å². The van der Waals surface area contributed by atoms with Crippen LogP contribution in [0.4, 0.5) is 0 Å². The molecule has 4 heteroatoms. The molecule has 0 saturated carbocycles. The van der Waals surface area contributed by atoms with E-state index in [4.69, 9.17) is 0 Å². The van der Waals surface area contributed by atoms with Crippen molar-refractivity contribution in [3.05, 3.63) is 0 Å². The Morgan fingerprint density at radius 3 is 2.39 bits per heavy atom. The first-order valence-corrected chi connectivity index (χ1v) is 6.82. The first-order valence-electron chi connectivity index (χ1n) is 6.82. The summed E-state index contributed by atoms with van der Waals surface area (Å²) in [4.78, 5) is 12.2. The van der Waals surface area contributed by atoms with E-state index in [1.165, 1.54) is 13.1 Å². The zero-order valence-electron chi connectivity index (χ0n) is 12.8. The van der Waals surface area contributed by atoms with Gasteiger partial charge in [-0.2, -0.15) is 0 Å². The number of piperazine rings is 1. The molecule has 0 spiro atoms. The van der Waals surface area contributed by atoms with Crippen molar-refractivity contribution >= 4 is 6.47 Å². The van der Waals surface area contributed by atoms with Crippen LogP contribution in [0.25, 0.3) is 0 Å². The van der Waals surface area contributed by atoms with E-state index < -0.39 is 0 Å². The third-order valence-electron chi connectivity index (χ3n) is 2.64. The first kappa shape index (κ1) is 17.4. The average molecular weight is 258 g/mol. The Kier molecular flexibility index (Phi) is 8.20. The van der Waals surface area contributed by atoms with Gasteiger partial charge in [-0.3, -0.25) is 9.69 Å². The molecule has 0 aliphatic carbocycles. The van der Waals surface area contributed by atoms with Crippen molar-refractivity contribution in [1.82, 2.24) is 10.2 Å². The van der Waals surface area contributed by atoms with E-state index in [9.17, 15) is 4.79 Å². The zero-order chi connectivity index (χ0) is 14.2. The van der Waals surface area contributed by atoms with Gasteiger partial charge in [-0.05, 0) is 33.6 Å². The number of hydrogen-bond acceptors (Lipinski definition) is 4. The normalized spacial score (nSPS) is 21.2. The largest absolute Gasteiger partial charge is 0.462 e. The molecule has 0 bridgehead atoms. The van der Waals surface area contributed by atoms with Gasteiger partial charge >= 0.3 is 0 Å². The molecule has 4 nitrogen and oxygen atoms in total. The van der Waals surface area contributed by atoms with Gasteiger partial charge in [0.1, 0.15) is 5.60 Å². The molecule has 1 fully saturated rings. The number of hydrogen-bond donors (Lipinski definition) is 1. The summed E-state index contributed by atoms with van der Waals surface area (Å²) in [5.74, 6) is 0.801. The van der Waals surface area contributed by atoms with Gasteiger partial charge in [-0.1, -0.05) is 13.8 Å². The van der Waals surface area contributed by atoms with Crippen LogP contribution in [0, 0.1) is 5.92 Å². The minimum Gasteiger partial charge on any atom is -0.462 e. The van der Waals surface area contributed by atoms with Crippen molar-refractivity contribution < 1.29 is 9.53 Å². The van der Waals surface area contributed by atoms with E-state index in [0.717, 1.165) is 25.0 Å². The molecule has 1 heterocycles. The van der Waals surface area contributed by atoms with Gasteiger partial charge in [-0.15, -0.1) is 0 Å². The van der Waals surface area contributed by atoms with E-state index in [1.807, 2.05) is 20.8 Å². The first-order chi connectivity index (χ1) is 8.26. The molecule has 0 aromatic heterocycles. The molecule has 0 amide bonds. The smallest absolute Gasteiger partial charge is 0.293 e. The second-order valence-corrected chi connectivity index (χ2v) is 6.27. The average Bonchev–Trinajstić information content (AvgIpc) is 2.20. The van der Waals surface area contributed by atoms with Crippen LogP contribution >= 0.6 is 0 Å². The van der Waals surface area contributed by atoms with Crippen LogP contribution < -0.4 is 5.32 Å². The van der Waals surface area contributed by atoms with Gasteiger partial charge in [0.15, 0.2) is 0 Å². The van der Waals surface area contributed by atoms with Crippen molar-refractivity contribution in [1.29, 1.82) is 0 Å². The number of ether oxygens (including phenoxy) is 1. The van der Waals surface area contributed by atoms with Crippen LogP contribution in [0.2, 0.25) is 0 Å². The van der Waals surface area contributed by atoms with E-state index >= 15 is 0 Å². The van der Waals surface area contributed by atoms with E-state index in [0.29, 0.717) is 6.47 Å². The fraction of sp³-hybridized carbons (Fsp3) is 0.929. The number of carbonyl (C=O) groups excluding carboxylic acids is 1. The maximum absolute atomic E-state index is 9.60. The van der Waals surface area contributed by atoms with Gasteiger partial charge < -0.3 is 10.1 Å². The Morgan fingerprint density at radius 2 is 2.06 bits per heavy atom. The SMILES string of the molecule is CC(C)(C)OC=O.CC(C)CN1CCNCC1C. The highest BCUT2D eigenvalue weighted by Crippen LogP contribution is 2.05. The van der Waals surface area contributed by atoms with E-state index in [1.54, 1.807) is 0 Å². The fourth-order valence-electron chi connectivity index (χ4n) is 1.77. The molecule has 1 saturated heterocycles. The van der Waals surface area contributed by atoms with Crippen LogP contribution in [0.3, 0.4) is 0 Å². The highest BCUT2D eigenvalue weighted by atomic mass is 16.5. The van der Waals surface area contributed by atoms with Crippen molar-refractivity contribution in [2.24, 2.45) is 5.92 Å². The van der Waals surface area contributed by atoms with E-state index in [-0.39, 0.29) is 5.60 Å². The highest BCUT2D eigenvalue weighted by Gasteiger charge is 2.17. The molecule has 1 unspecified atom stereocenters. The molecule has 1 N–H and O–H groups in total. The molecule has 0 aromatic rings. The molecule has 18 heavy (non-hydrogen) atoms. The van der Waals surface area contributed by atoms with Gasteiger partial charge in [0.25, 0.3) is 6.47 Å². The molecule has 0 aromatic carbocycles. The Balaban J connectivity index is 0.000000360. The number of nitrogens with one attached hydrogen (secondary N) is 1. The molecule has 1 aliphatic heterocycles. The van der Waals surface area contributed by atoms with Crippen LogP contribution in [0.5, 0.6) is 0 Å². The topological polar surface area (TPSA) is 41.6 Å². The summed E-state index contributed by atoms with van der Waals surface area (Å²) in [5, 5.41) is 3.40. The minimum atomic E-state index is -0.318. The van der Waals surface area contributed by atoms with Crippen molar-refractivity contribution in [3.63, 3.8) is 0 Å². The zero-order valence-corrected chi connectivity index (χ0v) is 12.8. The summed E-state index contributed by atoms with van der Waals surface area (Å²) in [6, 6.07) is 0.728. The predicted molar refractivity (Wildman–Crippen MR) is 75.6 cm³/mol. The number of nitrogens with zero attached hydrogens (tertiary/aromatic N) is 1. The van der Waals surface area contributed by atoms with Gasteiger partial charge in [0, 0.05) is 32.2 Å². The van der Waals surface area contributed by atoms with Crippen molar-refractivity contribution in [3.8, 4) is 0 Å².